The van der Waals surface area contributed by atoms with E-state index in [2.05, 4.69) is 65.2 Å². The molecule has 4 N–H and O–H groups in total. The van der Waals surface area contributed by atoms with Crippen LogP contribution in [0.3, 0.4) is 0 Å². The quantitative estimate of drug-likeness (QED) is 0.216. The van der Waals surface area contributed by atoms with Crippen molar-refractivity contribution in [3.63, 3.8) is 0 Å². The Hall–Kier alpha value is -0.240. The Bertz CT molecular complexity index is 445. The van der Waals surface area contributed by atoms with E-state index in [9.17, 15) is 20.4 Å². The molecule has 2 unspecified atom stereocenters. The molecule has 0 aliphatic heterocycles. The molecule has 2 atom stereocenters. The first-order chi connectivity index (χ1) is 15.2. The molecule has 0 saturated heterocycles. The molecule has 0 rings (SSSR count). The Morgan fingerprint density at radius 3 is 1.27 bits per heavy atom. The summed E-state index contributed by atoms with van der Waals surface area (Å²) >= 11 is 0. The number of aliphatic hydroxyl groups is 4. The summed E-state index contributed by atoms with van der Waals surface area (Å²) in [5.41, 5.74) is 0.159. The van der Waals surface area contributed by atoms with Crippen LogP contribution in [0, 0.1) is 22.7 Å². The van der Waals surface area contributed by atoms with Crippen LogP contribution in [0.4, 0.5) is 0 Å². The fourth-order valence-electron chi connectivity index (χ4n) is 5.77. The van der Waals surface area contributed by atoms with E-state index in [-0.39, 0.29) is 24.0 Å². The van der Waals surface area contributed by atoms with Gasteiger partial charge in [0.05, 0.1) is 25.4 Å². The molecule has 6 nitrogen and oxygen atoms in total. The predicted molar refractivity (Wildman–Crippen MR) is 139 cm³/mol. The molecule has 200 valence electrons. The van der Waals surface area contributed by atoms with Gasteiger partial charge in [0, 0.05) is 26.2 Å². The predicted octanol–water partition coefficient (Wildman–Crippen LogP) is 3.61. The first-order valence-electron chi connectivity index (χ1n) is 13.2. The summed E-state index contributed by atoms with van der Waals surface area (Å²) in [6, 6.07) is 0. The lowest BCUT2D eigenvalue weighted by Crippen LogP contribution is -2.42. The van der Waals surface area contributed by atoms with Crippen molar-refractivity contribution in [2.45, 2.75) is 99.7 Å². The van der Waals surface area contributed by atoms with Crippen molar-refractivity contribution in [2.24, 2.45) is 22.7 Å². The lowest BCUT2D eigenvalue weighted by atomic mass is 9.79. The largest absolute Gasteiger partial charge is 0.395 e. The first kappa shape index (κ1) is 32.8. The van der Waals surface area contributed by atoms with Crippen molar-refractivity contribution in [1.82, 2.24) is 9.80 Å². The van der Waals surface area contributed by atoms with Crippen LogP contribution < -0.4 is 0 Å². The Balaban J connectivity index is 5.06. The normalized spacial score (nSPS) is 15.3. The van der Waals surface area contributed by atoms with E-state index < -0.39 is 12.2 Å². The average molecular weight is 475 g/mol. The molecule has 6 heteroatoms. The Kier molecular flexibility index (Phi) is 16.3. The van der Waals surface area contributed by atoms with Crippen LogP contribution in [0.1, 0.15) is 87.5 Å². The van der Waals surface area contributed by atoms with Gasteiger partial charge in [0.1, 0.15) is 0 Å². The fourth-order valence-corrected chi connectivity index (χ4v) is 5.77. The Morgan fingerprint density at radius 1 is 0.576 bits per heavy atom. The maximum atomic E-state index is 10.9. The highest BCUT2D eigenvalue weighted by molar-refractivity contribution is 4.80. The van der Waals surface area contributed by atoms with Crippen molar-refractivity contribution in [3.05, 3.63) is 0 Å². The van der Waals surface area contributed by atoms with Crippen molar-refractivity contribution in [1.29, 1.82) is 0 Å². The summed E-state index contributed by atoms with van der Waals surface area (Å²) < 4.78 is 0. The smallest absolute Gasteiger partial charge is 0.0672 e. The standard InChI is InChI=1S/C27H58N2O4/c1-22(2)16-26(5,6)18-24(32)20-29(11-9-10-28(12-14-30)13-15-31)21-25(33)19-27(7,8)17-23(3)4/h22-25,30-33H,9-21H2,1-8H3. The van der Waals surface area contributed by atoms with Crippen molar-refractivity contribution < 1.29 is 20.4 Å². The number of hydrogen-bond acceptors (Lipinski definition) is 6. The Morgan fingerprint density at radius 2 is 0.939 bits per heavy atom. The first-order valence-corrected chi connectivity index (χ1v) is 13.2. The molecule has 0 heterocycles. The van der Waals surface area contributed by atoms with Crippen molar-refractivity contribution in [2.75, 3.05) is 52.5 Å². The lowest BCUT2D eigenvalue weighted by Gasteiger charge is -2.35. The van der Waals surface area contributed by atoms with E-state index in [4.69, 9.17) is 0 Å². The SMILES string of the molecule is CC(C)CC(C)(C)CC(O)CN(CCCN(CCO)CCO)CC(O)CC(C)(C)CC(C)C. The third-order valence-electron chi connectivity index (χ3n) is 6.22. The van der Waals surface area contributed by atoms with E-state index in [1.54, 1.807) is 0 Å². The number of aliphatic hydroxyl groups excluding tert-OH is 4. The molecule has 0 aliphatic rings. The molecule has 0 saturated carbocycles. The van der Waals surface area contributed by atoms with Crippen molar-refractivity contribution >= 4 is 0 Å². The van der Waals surface area contributed by atoms with Crippen LogP contribution in [-0.4, -0.2) is 94.9 Å². The number of nitrogens with zero attached hydrogens (tertiary/aromatic N) is 2. The molecule has 0 radical (unpaired) electrons. The van der Waals surface area contributed by atoms with Crippen LogP contribution in [0.2, 0.25) is 0 Å². The van der Waals surface area contributed by atoms with E-state index >= 15 is 0 Å². The molecule has 0 aromatic rings. The van der Waals surface area contributed by atoms with Crippen LogP contribution >= 0.6 is 0 Å². The molecule has 0 spiro atoms. The maximum Gasteiger partial charge on any atom is 0.0672 e. The third-order valence-corrected chi connectivity index (χ3v) is 6.22. The molecule has 0 aromatic heterocycles. The van der Waals surface area contributed by atoms with Crippen LogP contribution in [-0.2, 0) is 0 Å². The van der Waals surface area contributed by atoms with Gasteiger partial charge in [-0.2, -0.15) is 0 Å². The van der Waals surface area contributed by atoms with E-state index in [0.29, 0.717) is 38.0 Å². The van der Waals surface area contributed by atoms with Gasteiger partial charge in [-0.25, -0.2) is 0 Å². The van der Waals surface area contributed by atoms with Gasteiger partial charge in [-0.15, -0.1) is 0 Å². The minimum absolute atomic E-state index is 0.0795. The monoisotopic (exact) mass is 474 g/mol. The molecule has 0 fully saturated rings. The summed E-state index contributed by atoms with van der Waals surface area (Å²) in [7, 11) is 0. The van der Waals surface area contributed by atoms with Crippen LogP contribution in [0.25, 0.3) is 0 Å². The molecule has 0 bridgehead atoms. The summed E-state index contributed by atoms with van der Waals surface area (Å²) in [5.74, 6) is 1.19. The lowest BCUT2D eigenvalue weighted by molar-refractivity contribution is 0.0277. The van der Waals surface area contributed by atoms with Gasteiger partial charge in [-0.3, -0.25) is 9.80 Å². The second-order valence-electron chi connectivity index (χ2n) is 12.6. The highest BCUT2D eigenvalue weighted by Crippen LogP contribution is 2.32. The zero-order valence-corrected chi connectivity index (χ0v) is 23.2. The zero-order valence-electron chi connectivity index (χ0n) is 23.2. The summed E-state index contributed by atoms with van der Waals surface area (Å²) in [5, 5.41) is 40.3. The molecule has 0 aliphatic carbocycles. The van der Waals surface area contributed by atoms with Gasteiger partial charge in [0.2, 0.25) is 0 Å². The van der Waals surface area contributed by atoms with Crippen LogP contribution in [0.5, 0.6) is 0 Å². The summed E-state index contributed by atoms with van der Waals surface area (Å²) in [6.07, 6.45) is 3.65. The number of hydrogen-bond donors (Lipinski definition) is 4. The molecule has 0 aromatic carbocycles. The Labute approximate surface area is 205 Å². The third kappa shape index (κ3) is 17.8. The van der Waals surface area contributed by atoms with Gasteiger partial charge >= 0.3 is 0 Å². The molecular weight excluding hydrogens is 416 g/mol. The fraction of sp³-hybridized carbons (Fsp3) is 1.00. The minimum atomic E-state index is -0.430. The van der Waals surface area contributed by atoms with Gasteiger partial charge in [0.15, 0.2) is 0 Å². The number of rotatable bonds is 20. The molecular formula is C27H58N2O4. The van der Waals surface area contributed by atoms with Crippen molar-refractivity contribution in [3.8, 4) is 0 Å². The van der Waals surface area contributed by atoms with Gasteiger partial charge < -0.3 is 20.4 Å². The van der Waals surface area contributed by atoms with E-state index in [1.807, 2.05) is 0 Å². The molecule has 33 heavy (non-hydrogen) atoms. The van der Waals surface area contributed by atoms with Crippen LogP contribution in [0.15, 0.2) is 0 Å². The second-order valence-corrected chi connectivity index (χ2v) is 12.6. The zero-order chi connectivity index (χ0) is 25.7. The van der Waals surface area contributed by atoms with Gasteiger partial charge in [0.25, 0.3) is 0 Å². The topological polar surface area (TPSA) is 87.4 Å². The van der Waals surface area contributed by atoms with E-state index in [0.717, 1.165) is 45.2 Å². The van der Waals surface area contributed by atoms with E-state index in [1.165, 1.54) is 0 Å². The highest BCUT2D eigenvalue weighted by atomic mass is 16.3. The average Bonchev–Trinajstić information content (AvgIpc) is 2.58. The highest BCUT2D eigenvalue weighted by Gasteiger charge is 2.27. The second kappa shape index (κ2) is 16.4. The maximum absolute atomic E-state index is 10.9. The summed E-state index contributed by atoms with van der Waals surface area (Å²) in [6.45, 7) is 21.7. The minimum Gasteiger partial charge on any atom is -0.395 e. The van der Waals surface area contributed by atoms with Gasteiger partial charge in [-0.1, -0.05) is 55.4 Å². The van der Waals surface area contributed by atoms with Gasteiger partial charge in [-0.05, 0) is 67.9 Å². The summed E-state index contributed by atoms with van der Waals surface area (Å²) in [4.78, 5) is 4.27. The molecule has 0 amide bonds.